The average Bonchev–Trinajstić information content (AvgIpc) is 2.60. The summed E-state index contributed by atoms with van der Waals surface area (Å²) in [5.74, 6) is -7.46. The second-order valence-corrected chi connectivity index (χ2v) is 6.51. The maximum atomic E-state index is 12.5. The first-order chi connectivity index (χ1) is 13.8. The quantitative estimate of drug-likeness (QED) is 0.142. The van der Waals surface area contributed by atoms with Crippen molar-refractivity contribution in [2.45, 2.75) is 63.4 Å². The van der Waals surface area contributed by atoms with Crippen molar-refractivity contribution in [2.24, 2.45) is 5.73 Å². The second-order valence-electron chi connectivity index (χ2n) is 6.51. The van der Waals surface area contributed by atoms with Crippen LogP contribution in [0.3, 0.4) is 0 Å². The number of carboxylic acids is 3. The molecular formula is C16H26N4O10. The van der Waals surface area contributed by atoms with Gasteiger partial charge in [0.25, 0.3) is 0 Å². The van der Waals surface area contributed by atoms with Crippen LogP contribution in [-0.4, -0.2) is 86.3 Å². The summed E-state index contributed by atoms with van der Waals surface area (Å²) in [4.78, 5) is 69.4. The van der Waals surface area contributed by atoms with E-state index in [9.17, 15) is 33.9 Å². The average molecular weight is 434 g/mol. The Bertz CT molecular complexity index is 679. The SMILES string of the molecule is C[C@H](N)C(=O)N[C@@H](CCC(=O)O)C(=O)N[C@@H](CC(=O)O)C(=O)N[C@H](C(=O)O)[C@@H](C)O. The van der Waals surface area contributed by atoms with Gasteiger partial charge in [0, 0.05) is 6.42 Å². The summed E-state index contributed by atoms with van der Waals surface area (Å²) in [5.41, 5.74) is 5.39. The third-order valence-corrected chi connectivity index (χ3v) is 3.75. The Labute approximate surface area is 170 Å². The number of aliphatic carboxylic acids is 3. The first-order valence-electron chi connectivity index (χ1n) is 8.77. The van der Waals surface area contributed by atoms with Crippen LogP contribution >= 0.6 is 0 Å². The van der Waals surface area contributed by atoms with Crippen molar-refractivity contribution < 1.29 is 49.2 Å². The highest BCUT2D eigenvalue weighted by Crippen LogP contribution is 2.03. The molecule has 0 aliphatic rings. The second kappa shape index (κ2) is 12.3. The number of carboxylic acid groups (broad SMARTS) is 3. The molecule has 0 aromatic rings. The topological polar surface area (TPSA) is 245 Å². The molecule has 9 N–H and O–H groups in total. The van der Waals surface area contributed by atoms with E-state index in [1.807, 2.05) is 10.6 Å². The van der Waals surface area contributed by atoms with E-state index in [2.05, 4.69) is 5.32 Å². The molecular weight excluding hydrogens is 408 g/mol. The van der Waals surface area contributed by atoms with Gasteiger partial charge >= 0.3 is 17.9 Å². The third-order valence-electron chi connectivity index (χ3n) is 3.75. The van der Waals surface area contributed by atoms with E-state index in [1.165, 1.54) is 6.92 Å². The van der Waals surface area contributed by atoms with Gasteiger partial charge in [0.1, 0.15) is 12.1 Å². The molecule has 0 unspecified atom stereocenters. The van der Waals surface area contributed by atoms with Crippen LogP contribution in [0.2, 0.25) is 0 Å². The van der Waals surface area contributed by atoms with E-state index in [1.54, 1.807) is 0 Å². The number of aliphatic hydroxyl groups is 1. The van der Waals surface area contributed by atoms with Gasteiger partial charge in [-0.3, -0.25) is 24.0 Å². The molecule has 0 aromatic heterocycles. The predicted octanol–water partition coefficient (Wildman–Crippen LogP) is -3.41. The fourth-order valence-electron chi connectivity index (χ4n) is 2.14. The molecule has 0 saturated carbocycles. The molecule has 0 spiro atoms. The maximum absolute atomic E-state index is 12.5. The van der Waals surface area contributed by atoms with Crippen molar-refractivity contribution in [1.29, 1.82) is 0 Å². The zero-order valence-corrected chi connectivity index (χ0v) is 16.3. The van der Waals surface area contributed by atoms with E-state index in [-0.39, 0.29) is 6.42 Å². The largest absolute Gasteiger partial charge is 0.481 e. The number of carbonyl (C=O) groups excluding carboxylic acids is 3. The smallest absolute Gasteiger partial charge is 0.328 e. The number of hydrogen-bond donors (Lipinski definition) is 8. The van der Waals surface area contributed by atoms with Crippen LogP contribution < -0.4 is 21.7 Å². The zero-order valence-electron chi connectivity index (χ0n) is 16.3. The van der Waals surface area contributed by atoms with Crippen LogP contribution in [0.4, 0.5) is 0 Å². The number of nitrogens with one attached hydrogen (secondary N) is 3. The molecule has 0 aromatic carbocycles. The van der Waals surface area contributed by atoms with Crippen LogP contribution in [0, 0.1) is 0 Å². The molecule has 0 radical (unpaired) electrons. The number of aliphatic hydroxyl groups excluding tert-OH is 1. The van der Waals surface area contributed by atoms with Crippen LogP contribution in [0.25, 0.3) is 0 Å². The Morgan fingerprint density at radius 1 is 0.800 bits per heavy atom. The summed E-state index contributed by atoms with van der Waals surface area (Å²) in [6, 6.07) is -6.03. The highest BCUT2D eigenvalue weighted by molar-refractivity contribution is 5.95. The van der Waals surface area contributed by atoms with Crippen LogP contribution in [0.5, 0.6) is 0 Å². The summed E-state index contributed by atoms with van der Waals surface area (Å²) < 4.78 is 0. The summed E-state index contributed by atoms with van der Waals surface area (Å²) in [6.07, 6.45) is -3.39. The van der Waals surface area contributed by atoms with Crippen molar-refractivity contribution in [1.82, 2.24) is 16.0 Å². The molecule has 0 bridgehead atoms. The summed E-state index contributed by atoms with van der Waals surface area (Å²) >= 11 is 0. The van der Waals surface area contributed by atoms with Gasteiger partial charge in [0.05, 0.1) is 18.6 Å². The number of carbonyl (C=O) groups is 6. The summed E-state index contributed by atoms with van der Waals surface area (Å²) in [7, 11) is 0. The highest BCUT2D eigenvalue weighted by Gasteiger charge is 2.32. The van der Waals surface area contributed by atoms with E-state index >= 15 is 0 Å². The first-order valence-corrected chi connectivity index (χ1v) is 8.77. The van der Waals surface area contributed by atoms with E-state index in [0.29, 0.717) is 0 Å². The predicted molar refractivity (Wildman–Crippen MR) is 97.9 cm³/mol. The normalized spacial score (nSPS) is 15.6. The number of rotatable bonds is 13. The lowest BCUT2D eigenvalue weighted by Crippen LogP contribution is -2.58. The number of hydrogen-bond acceptors (Lipinski definition) is 8. The van der Waals surface area contributed by atoms with Crippen LogP contribution in [-0.2, 0) is 28.8 Å². The lowest BCUT2D eigenvalue weighted by molar-refractivity contribution is -0.146. The molecule has 0 rings (SSSR count). The Kier molecular flexibility index (Phi) is 11.0. The molecule has 0 heterocycles. The van der Waals surface area contributed by atoms with Gasteiger partial charge in [-0.25, -0.2) is 4.79 Å². The minimum Gasteiger partial charge on any atom is -0.481 e. The Hall–Kier alpha value is -3.26. The van der Waals surface area contributed by atoms with Crippen molar-refractivity contribution in [2.75, 3.05) is 0 Å². The Morgan fingerprint density at radius 2 is 1.30 bits per heavy atom. The van der Waals surface area contributed by atoms with Crippen LogP contribution in [0.15, 0.2) is 0 Å². The molecule has 5 atom stereocenters. The summed E-state index contributed by atoms with van der Waals surface area (Å²) in [6.45, 7) is 2.39. The van der Waals surface area contributed by atoms with Gasteiger partial charge in [-0.2, -0.15) is 0 Å². The molecule has 170 valence electrons. The Balaban J connectivity index is 5.49. The van der Waals surface area contributed by atoms with Gasteiger partial charge < -0.3 is 42.1 Å². The Morgan fingerprint density at radius 3 is 1.70 bits per heavy atom. The van der Waals surface area contributed by atoms with Crippen molar-refractivity contribution in [3.8, 4) is 0 Å². The van der Waals surface area contributed by atoms with Crippen LogP contribution in [0.1, 0.15) is 33.1 Å². The van der Waals surface area contributed by atoms with Crippen molar-refractivity contribution >= 4 is 35.6 Å². The first kappa shape index (κ1) is 26.7. The molecule has 0 saturated heterocycles. The molecule has 30 heavy (non-hydrogen) atoms. The lowest BCUT2D eigenvalue weighted by atomic mass is 10.1. The van der Waals surface area contributed by atoms with Gasteiger partial charge in [0.15, 0.2) is 6.04 Å². The number of nitrogens with two attached hydrogens (primary N) is 1. The van der Waals surface area contributed by atoms with Gasteiger partial charge in [0.2, 0.25) is 17.7 Å². The lowest BCUT2D eigenvalue weighted by Gasteiger charge is -2.24. The molecule has 14 nitrogen and oxygen atoms in total. The van der Waals surface area contributed by atoms with Crippen molar-refractivity contribution in [3.63, 3.8) is 0 Å². The fourth-order valence-corrected chi connectivity index (χ4v) is 2.14. The van der Waals surface area contributed by atoms with E-state index < -0.39 is 78.7 Å². The third kappa shape index (κ3) is 9.79. The summed E-state index contributed by atoms with van der Waals surface area (Å²) in [5, 5.41) is 42.3. The zero-order chi connectivity index (χ0) is 23.6. The van der Waals surface area contributed by atoms with Gasteiger partial charge in [-0.15, -0.1) is 0 Å². The van der Waals surface area contributed by atoms with Gasteiger partial charge in [-0.05, 0) is 20.3 Å². The monoisotopic (exact) mass is 434 g/mol. The number of amides is 3. The van der Waals surface area contributed by atoms with Gasteiger partial charge in [-0.1, -0.05) is 0 Å². The minimum absolute atomic E-state index is 0.382. The molecule has 14 heteroatoms. The fraction of sp³-hybridized carbons (Fsp3) is 0.625. The molecule has 0 aliphatic carbocycles. The maximum Gasteiger partial charge on any atom is 0.328 e. The highest BCUT2D eigenvalue weighted by atomic mass is 16.4. The molecule has 3 amide bonds. The van der Waals surface area contributed by atoms with E-state index in [4.69, 9.17) is 21.1 Å². The molecule has 0 aliphatic heterocycles. The van der Waals surface area contributed by atoms with E-state index in [0.717, 1.165) is 6.92 Å². The molecule has 0 fully saturated rings. The van der Waals surface area contributed by atoms with Crippen molar-refractivity contribution in [3.05, 3.63) is 0 Å². The standard InChI is InChI=1S/C16H26N4O10/c1-6(17)13(26)18-8(3-4-10(22)23)14(27)19-9(5-11(24)25)15(28)20-12(7(2)21)16(29)30/h6-9,12,21H,3-5,17H2,1-2H3,(H,18,26)(H,19,27)(H,20,28)(H,22,23)(H,24,25)(H,29,30)/t6-,7+,8-,9-,12-/m0/s1. The minimum atomic E-state index is -1.77.